The Labute approximate surface area is 105 Å². The molecular weight excluding hydrogens is 232 g/mol. The Kier molecular flexibility index (Phi) is 3.28. The average molecular weight is 244 g/mol. The number of esters is 1. The SMILES string of the molecule is CCOC(=O)c1ccc(C(=O)N2CC2C#N)cc1. The Hall–Kier alpha value is -2.35. The molecule has 1 aromatic carbocycles. The highest BCUT2D eigenvalue weighted by atomic mass is 16.5. The lowest BCUT2D eigenvalue weighted by molar-refractivity contribution is 0.0526. The van der Waals surface area contributed by atoms with Crippen molar-refractivity contribution in [1.82, 2.24) is 4.90 Å². The van der Waals surface area contributed by atoms with Gasteiger partial charge in [0.1, 0.15) is 6.04 Å². The molecule has 5 heteroatoms. The van der Waals surface area contributed by atoms with Crippen LogP contribution in [0, 0.1) is 11.3 Å². The molecule has 0 spiro atoms. The summed E-state index contributed by atoms with van der Waals surface area (Å²) in [7, 11) is 0. The average Bonchev–Trinajstić information content (AvgIpc) is 3.18. The minimum atomic E-state index is -0.405. The van der Waals surface area contributed by atoms with Crippen LogP contribution in [0.3, 0.4) is 0 Å². The summed E-state index contributed by atoms with van der Waals surface area (Å²) in [5.74, 6) is -0.588. The molecule has 1 aliphatic heterocycles. The molecule has 0 aliphatic carbocycles. The summed E-state index contributed by atoms with van der Waals surface area (Å²) in [6, 6.07) is 7.96. The standard InChI is InChI=1S/C13H12N2O3/c1-2-18-13(17)10-5-3-9(4-6-10)12(16)15-8-11(15)7-14/h3-6,11H,2,8H2,1H3. The quantitative estimate of drug-likeness (QED) is 0.592. The number of hydrogen-bond donors (Lipinski definition) is 0. The molecule has 1 fully saturated rings. The topological polar surface area (TPSA) is 70.2 Å². The third kappa shape index (κ3) is 2.33. The van der Waals surface area contributed by atoms with Gasteiger partial charge in [-0.3, -0.25) is 4.79 Å². The van der Waals surface area contributed by atoms with Crippen molar-refractivity contribution >= 4 is 11.9 Å². The van der Waals surface area contributed by atoms with Gasteiger partial charge in [0, 0.05) is 5.56 Å². The summed E-state index contributed by atoms with van der Waals surface area (Å²) in [6.45, 7) is 2.53. The van der Waals surface area contributed by atoms with Gasteiger partial charge >= 0.3 is 5.97 Å². The second-order valence-corrected chi connectivity index (χ2v) is 3.90. The number of ether oxygens (including phenoxy) is 1. The van der Waals surface area contributed by atoms with E-state index in [-0.39, 0.29) is 11.9 Å². The van der Waals surface area contributed by atoms with Gasteiger partial charge < -0.3 is 9.64 Å². The Balaban J connectivity index is 2.07. The van der Waals surface area contributed by atoms with E-state index in [9.17, 15) is 9.59 Å². The highest BCUT2D eigenvalue weighted by Crippen LogP contribution is 2.20. The van der Waals surface area contributed by atoms with E-state index in [2.05, 4.69) is 0 Å². The first kappa shape index (κ1) is 12.1. The lowest BCUT2D eigenvalue weighted by atomic mass is 10.1. The Morgan fingerprint density at radius 3 is 2.50 bits per heavy atom. The smallest absolute Gasteiger partial charge is 0.338 e. The highest BCUT2D eigenvalue weighted by Gasteiger charge is 2.38. The van der Waals surface area contributed by atoms with E-state index in [4.69, 9.17) is 10.00 Å². The minimum Gasteiger partial charge on any atom is -0.462 e. The van der Waals surface area contributed by atoms with Crippen molar-refractivity contribution in [3.63, 3.8) is 0 Å². The van der Waals surface area contributed by atoms with Crippen LogP contribution in [-0.2, 0) is 4.74 Å². The number of nitriles is 1. The van der Waals surface area contributed by atoms with Crippen LogP contribution in [0.4, 0.5) is 0 Å². The van der Waals surface area contributed by atoms with Gasteiger partial charge in [-0.15, -0.1) is 0 Å². The van der Waals surface area contributed by atoms with Crippen LogP contribution < -0.4 is 0 Å². The molecule has 1 aromatic rings. The van der Waals surface area contributed by atoms with Crippen molar-refractivity contribution in [2.45, 2.75) is 13.0 Å². The number of benzene rings is 1. The summed E-state index contributed by atoms with van der Waals surface area (Å²) >= 11 is 0. The van der Waals surface area contributed by atoms with Crippen molar-refractivity contribution in [3.05, 3.63) is 35.4 Å². The maximum absolute atomic E-state index is 11.8. The zero-order valence-electron chi connectivity index (χ0n) is 9.92. The van der Waals surface area contributed by atoms with Crippen molar-refractivity contribution in [2.75, 3.05) is 13.2 Å². The molecule has 18 heavy (non-hydrogen) atoms. The van der Waals surface area contributed by atoms with Crippen LogP contribution in [0.5, 0.6) is 0 Å². The summed E-state index contributed by atoms with van der Waals surface area (Å²) in [6.07, 6.45) is 0. The van der Waals surface area contributed by atoms with Gasteiger partial charge in [0.15, 0.2) is 0 Å². The molecule has 1 saturated heterocycles. The summed E-state index contributed by atoms with van der Waals surface area (Å²) in [5.41, 5.74) is 0.886. The molecule has 0 bridgehead atoms. The van der Waals surface area contributed by atoms with E-state index >= 15 is 0 Å². The van der Waals surface area contributed by atoms with Crippen molar-refractivity contribution < 1.29 is 14.3 Å². The number of carbonyl (C=O) groups is 2. The molecule has 92 valence electrons. The number of hydrogen-bond acceptors (Lipinski definition) is 4. The van der Waals surface area contributed by atoms with Crippen molar-refractivity contribution in [3.8, 4) is 6.07 Å². The number of carbonyl (C=O) groups excluding carboxylic acids is 2. The number of rotatable bonds is 3. The van der Waals surface area contributed by atoms with Gasteiger partial charge in [-0.05, 0) is 31.2 Å². The Morgan fingerprint density at radius 2 is 2.00 bits per heavy atom. The maximum Gasteiger partial charge on any atom is 0.338 e. The normalized spacial score (nSPS) is 16.9. The van der Waals surface area contributed by atoms with E-state index in [1.807, 2.05) is 6.07 Å². The number of amides is 1. The van der Waals surface area contributed by atoms with E-state index in [0.29, 0.717) is 24.3 Å². The van der Waals surface area contributed by atoms with Gasteiger partial charge in [0.25, 0.3) is 5.91 Å². The van der Waals surface area contributed by atoms with Gasteiger partial charge in [-0.1, -0.05) is 0 Å². The molecule has 1 atom stereocenters. The number of nitrogens with zero attached hydrogens (tertiary/aromatic N) is 2. The predicted molar refractivity (Wildman–Crippen MR) is 62.8 cm³/mol. The Bertz CT molecular complexity index is 516. The second-order valence-electron chi connectivity index (χ2n) is 3.90. The molecule has 0 saturated carbocycles. The van der Waals surface area contributed by atoms with Crippen LogP contribution in [0.25, 0.3) is 0 Å². The van der Waals surface area contributed by atoms with Gasteiger partial charge in [-0.2, -0.15) is 5.26 Å². The molecule has 1 heterocycles. The largest absolute Gasteiger partial charge is 0.462 e. The summed E-state index contributed by atoms with van der Waals surface area (Å²) in [5, 5.41) is 8.64. The monoisotopic (exact) mass is 244 g/mol. The fourth-order valence-corrected chi connectivity index (χ4v) is 1.60. The lowest BCUT2D eigenvalue weighted by Gasteiger charge is -2.04. The fraction of sp³-hybridized carbons (Fsp3) is 0.308. The van der Waals surface area contributed by atoms with Crippen LogP contribution >= 0.6 is 0 Å². The first-order valence-electron chi connectivity index (χ1n) is 5.65. The van der Waals surface area contributed by atoms with E-state index in [1.54, 1.807) is 31.2 Å². The van der Waals surface area contributed by atoms with E-state index < -0.39 is 5.97 Å². The zero-order chi connectivity index (χ0) is 13.1. The maximum atomic E-state index is 11.8. The minimum absolute atomic E-state index is 0.183. The summed E-state index contributed by atoms with van der Waals surface area (Å²) in [4.78, 5) is 24.7. The molecule has 2 rings (SSSR count). The second kappa shape index (κ2) is 4.88. The van der Waals surface area contributed by atoms with Gasteiger partial charge in [0.05, 0.1) is 24.8 Å². The van der Waals surface area contributed by atoms with E-state index in [0.717, 1.165) is 0 Å². The van der Waals surface area contributed by atoms with Gasteiger partial charge in [0.2, 0.25) is 0 Å². The predicted octanol–water partition coefficient (Wildman–Crippen LogP) is 1.21. The van der Waals surface area contributed by atoms with E-state index in [1.165, 1.54) is 4.90 Å². The van der Waals surface area contributed by atoms with Gasteiger partial charge in [-0.25, -0.2) is 4.79 Å². The van der Waals surface area contributed by atoms with Crippen molar-refractivity contribution in [2.24, 2.45) is 0 Å². The molecule has 0 N–H and O–H groups in total. The lowest BCUT2D eigenvalue weighted by Crippen LogP contribution is -2.13. The van der Waals surface area contributed by atoms with Crippen molar-refractivity contribution in [1.29, 1.82) is 5.26 Å². The fourth-order valence-electron chi connectivity index (χ4n) is 1.60. The first-order chi connectivity index (χ1) is 8.67. The molecule has 0 aromatic heterocycles. The Morgan fingerprint density at radius 1 is 1.39 bits per heavy atom. The zero-order valence-corrected chi connectivity index (χ0v) is 9.92. The van der Waals surface area contributed by atoms with Crippen LogP contribution in [0.1, 0.15) is 27.6 Å². The molecule has 0 radical (unpaired) electrons. The molecule has 1 aliphatic rings. The molecule has 5 nitrogen and oxygen atoms in total. The van der Waals surface area contributed by atoms with Crippen LogP contribution in [0.15, 0.2) is 24.3 Å². The summed E-state index contributed by atoms with van der Waals surface area (Å²) < 4.78 is 4.85. The molecular formula is C13H12N2O3. The van der Waals surface area contributed by atoms with Crippen LogP contribution in [0.2, 0.25) is 0 Å². The van der Waals surface area contributed by atoms with Crippen LogP contribution in [-0.4, -0.2) is 36.0 Å². The molecule has 1 amide bonds. The third-order valence-corrected chi connectivity index (χ3v) is 2.67. The third-order valence-electron chi connectivity index (χ3n) is 2.67. The first-order valence-corrected chi connectivity index (χ1v) is 5.65. The highest BCUT2D eigenvalue weighted by molar-refractivity contribution is 5.97. The molecule has 1 unspecified atom stereocenters.